The van der Waals surface area contributed by atoms with Gasteiger partial charge in [-0.25, -0.2) is 0 Å². The van der Waals surface area contributed by atoms with Crippen molar-refractivity contribution in [2.75, 3.05) is 13.2 Å². The van der Waals surface area contributed by atoms with Crippen LogP contribution in [0.4, 0.5) is 0 Å². The number of allylic oxidation sites excluding steroid dienone is 2. The first-order chi connectivity index (χ1) is 32.0. The van der Waals surface area contributed by atoms with Gasteiger partial charge in [0.2, 0.25) is 5.91 Å². The summed E-state index contributed by atoms with van der Waals surface area (Å²) < 4.78 is 5.49. The molecule has 0 aromatic carbocycles. The Bertz CT molecular complexity index is 970. The Morgan fingerprint density at radius 1 is 0.415 bits per heavy atom. The second-order valence-corrected chi connectivity index (χ2v) is 20.3. The summed E-state index contributed by atoms with van der Waals surface area (Å²) in [5.74, 6) is -0.0329. The van der Waals surface area contributed by atoms with Gasteiger partial charge in [-0.1, -0.05) is 276 Å². The Kier molecular flexibility index (Phi) is 54.0. The van der Waals surface area contributed by atoms with E-state index in [0.29, 0.717) is 25.9 Å². The summed E-state index contributed by atoms with van der Waals surface area (Å²) in [5, 5.41) is 23.2. The third kappa shape index (κ3) is 51.8. The van der Waals surface area contributed by atoms with Crippen LogP contribution in [0.2, 0.25) is 0 Å². The second kappa shape index (κ2) is 55.2. The van der Waals surface area contributed by atoms with E-state index in [1.54, 1.807) is 0 Å². The zero-order valence-electron chi connectivity index (χ0n) is 44.0. The molecule has 0 fully saturated rings. The van der Waals surface area contributed by atoms with Crippen molar-refractivity contribution in [1.29, 1.82) is 0 Å². The number of nitrogens with one attached hydrogen (secondary N) is 1. The normalized spacial score (nSPS) is 12.6. The minimum absolute atomic E-state index is 0.0106. The molecule has 0 aromatic heterocycles. The van der Waals surface area contributed by atoms with Crippen molar-refractivity contribution >= 4 is 11.9 Å². The van der Waals surface area contributed by atoms with Crippen LogP contribution in [0.1, 0.15) is 328 Å². The highest BCUT2D eigenvalue weighted by atomic mass is 16.5. The second-order valence-electron chi connectivity index (χ2n) is 20.3. The first-order valence-corrected chi connectivity index (χ1v) is 29.4. The fourth-order valence-electron chi connectivity index (χ4n) is 9.28. The fraction of sp³-hybridized carbons (Fsp3) is 0.932. The number of carbonyl (C=O) groups excluding carboxylic acids is 2. The zero-order valence-corrected chi connectivity index (χ0v) is 44.0. The molecule has 65 heavy (non-hydrogen) atoms. The predicted molar refractivity (Wildman–Crippen MR) is 283 cm³/mol. The third-order valence-corrected chi connectivity index (χ3v) is 13.8. The maximum Gasteiger partial charge on any atom is 0.305 e. The minimum atomic E-state index is -0.667. The van der Waals surface area contributed by atoms with Crippen molar-refractivity contribution < 1.29 is 24.5 Å². The van der Waals surface area contributed by atoms with E-state index < -0.39 is 12.1 Å². The Morgan fingerprint density at radius 3 is 1.09 bits per heavy atom. The van der Waals surface area contributed by atoms with Crippen LogP contribution < -0.4 is 5.32 Å². The quantitative estimate of drug-likeness (QED) is 0.0321. The highest BCUT2D eigenvalue weighted by Crippen LogP contribution is 2.17. The summed E-state index contributed by atoms with van der Waals surface area (Å²) in [4.78, 5) is 24.5. The van der Waals surface area contributed by atoms with E-state index in [9.17, 15) is 19.8 Å². The SMILES string of the molecule is CCCCCCCCCCCCCCCCCCCC(=O)OCCCCCCCCCCC/C=C\CCCCCCCCCC(=O)NC(CO)C(O)CCCCCCCCCCCCC. The number of hydrogen-bond acceptors (Lipinski definition) is 5. The molecule has 0 rings (SSSR count). The molecule has 0 spiro atoms. The standard InChI is InChI=1S/C59H115NO5/c1-3-5-7-9-11-13-15-16-17-22-26-29-33-37-41-45-49-53-59(64)65-54-50-46-42-38-34-30-27-24-21-19-18-20-23-25-28-32-36-40-44-48-52-58(63)60-56(55-61)57(62)51-47-43-39-35-31-14-12-10-8-6-4-2/h18,20,56-57,61-62H,3-17,19,21-55H2,1-2H3,(H,60,63)/b20-18-. The van der Waals surface area contributed by atoms with Crippen LogP contribution in [0.5, 0.6) is 0 Å². The van der Waals surface area contributed by atoms with E-state index in [4.69, 9.17) is 4.74 Å². The molecule has 0 radical (unpaired) electrons. The number of amides is 1. The Morgan fingerprint density at radius 2 is 0.723 bits per heavy atom. The molecule has 6 heteroatoms. The van der Waals surface area contributed by atoms with Crippen LogP contribution in [-0.4, -0.2) is 47.4 Å². The van der Waals surface area contributed by atoms with Gasteiger partial charge < -0.3 is 20.3 Å². The van der Waals surface area contributed by atoms with Crippen molar-refractivity contribution in [1.82, 2.24) is 5.32 Å². The number of hydrogen-bond donors (Lipinski definition) is 3. The average Bonchev–Trinajstić information content (AvgIpc) is 3.31. The van der Waals surface area contributed by atoms with E-state index in [2.05, 4.69) is 31.3 Å². The summed E-state index contributed by atoms with van der Waals surface area (Å²) >= 11 is 0. The number of rotatable bonds is 55. The molecule has 0 aliphatic carbocycles. The summed E-state index contributed by atoms with van der Waals surface area (Å²) in [6, 6.07) is -0.545. The van der Waals surface area contributed by atoms with E-state index in [0.717, 1.165) is 38.5 Å². The van der Waals surface area contributed by atoms with Crippen LogP contribution in [0.15, 0.2) is 12.2 Å². The Hall–Kier alpha value is -1.40. The highest BCUT2D eigenvalue weighted by Gasteiger charge is 2.20. The van der Waals surface area contributed by atoms with Gasteiger partial charge in [-0.3, -0.25) is 9.59 Å². The lowest BCUT2D eigenvalue weighted by Gasteiger charge is -2.22. The summed E-state index contributed by atoms with van der Waals surface area (Å²) in [5.41, 5.74) is 0. The molecule has 0 aliphatic rings. The lowest BCUT2D eigenvalue weighted by Crippen LogP contribution is -2.45. The fourth-order valence-corrected chi connectivity index (χ4v) is 9.28. The molecule has 2 unspecified atom stereocenters. The molecule has 0 heterocycles. The molecule has 0 saturated carbocycles. The minimum Gasteiger partial charge on any atom is -0.466 e. The van der Waals surface area contributed by atoms with Crippen molar-refractivity contribution in [2.24, 2.45) is 0 Å². The molecule has 0 aromatic rings. The summed E-state index contributed by atoms with van der Waals surface area (Å²) in [6.07, 6.45) is 65.0. The lowest BCUT2D eigenvalue weighted by molar-refractivity contribution is -0.143. The zero-order chi connectivity index (χ0) is 47.2. The summed E-state index contributed by atoms with van der Waals surface area (Å²) in [7, 11) is 0. The lowest BCUT2D eigenvalue weighted by atomic mass is 10.0. The van der Waals surface area contributed by atoms with Crippen molar-refractivity contribution in [3.8, 4) is 0 Å². The monoisotopic (exact) mass is 918 g/mol. The first-order valence-electron chi connectivity index (χ1n) is 29.4. The Labute approximate surface area is 406 Å². The van der Waals surface area contributed by atoms with Gasteiger partial charge in [0, 0.05) is 12.8 Å². The summed E-state index contributed by atoms with van der Waals surface area (Å²) in [6.45, 7) is 4.95. The number of aliphatic hydroxyl groups excluding tert-OH is 2. The van der Waals surface area contributed by atoms with Crippen LogP contribution in [-0.2, 0) is 14.3 Å². The largest absolute Gasteiger partial charge is 0.466 e. The van der Waals surface area contributed by atoms with Gasteiger partial charge in [-0.15, -0.1) is 0 Å². The predicted octanol–water partition coefficient (Wildman–Crippen LogP) is 18.1. The van der Waals surface area contributed by atoms with Gasteiger partial charge >= 0.3 is 5.97 Å². The number of carbonyl (C=O) groups is 2. The smallest absolute Gasteiger partial charge is 0.305 e. The molecule has 6 nitrogen and oxygen atoms in total. The van der Waals surface area contributed by atoms with Crippen LogP contribution in [0.3, 0.4) is 0 Å². The number of aliphatic hydroxyl groups is 2. The van der Waals surface area contributed by atoms with Crippen LogP contribution in [0, 0.1) is 0 Å². The average molecular weight is 919 g/mol. The van der Waals surface area contributed by atoms with Gasteiger partial charge in [0.05, 0.1) is 25.4 Å². The number of unbranched alkanes of at least 4 members (excludes halogenated alkanes) is 42. The number of ether oxygens (including phenoxy) is 1. The van der Waals surface area contributed by atoms with Gasteiger partial charge in [-0.2, -0.15) is 0 Å². The first kappa shape index (κ1) is 63.6. The van der Waals surface area contributed by atoms with Crippen molar-refractivity contribution in [3.05, 3.63) is 12.2 Å². The molecular weight excluding hydrogens is 803 g/mol. The molecule has 0 saturated heterocycles. The van der Waals surface area contributed by atoms with Crippen LogP contribution in [0.25, 0.3) is 0 Å². The van der Waals surface area contributed by atoms with E-state index >= 15 is 0 Å². The molecule has 0 bridgehead atoms. The molecule has 2 atom stereocenters. The molecular formula is C59H115NO5. The van der Waals surface area contributed by atoms with E-state index in [1.807, 2.05) is 0 Å². The van der Waals surface area contributed by atoms with E-state index in [1.165, 1.54) is 257 Å². The van der Waals surface area contributed by atoms with Crippen molar-refractivity contribution in [3.63, 3.8) is 0 Å². The van der Waals surface area contributed by atoms with Gasteiger partial charge in [0.25, 0.3) is 0 Å². The van der Waals surface area contributed by atoms with E-state index in [-0.39, 0.29) is 18.5 Å². The maximum atomic E-state index is 12.4. The van der Waals surface area contributed by atoms with Crippen LogP contribution >= 0.6 is 0 Å². The van der Waals surface area contributed by atoms with Gasteiger partial charge in [-0.05, 0) is 51.4 Å². The van der Waals surface area contributed by atoms with Gasteiger partial charge in [0.1, 0.15) is 0 Å². The van der Waals surface area contributed by atoms with Crippen molar-refractivity contribution in [2.45, 2.75) is 341 Å². The molecule has 3 N–H and O–H groups in total. The molecule has 1 amide bonds. The van der Waals surface area contributed by atoms with Gasteiger partial charge in [0.15, 0.2) is 0 Å². The molecule has 386 valence electrons. The topological polar surface area (TPSA) is 95.9 Å². The highest BCUT2D eigenvalue weighted by molar-refractivity contribution is 5.76. The third-order valence-electron chi connectivity index (χ3n) is 13.8. The Balaban J connectivity index is 3.39. The molecule has 0 aliphatic heterocycles. The number of esters is 1. The maximum absolute atomic E-state index is 12.4.